The molecule has 2 heterocycles. The molecule has 2 rings (SSSR count). The molecule has 0 aliphatic rings. The average Bonchev–Trinajstić information content (AvgIpc) is 3.07. The summed E-state index contributed by atoms with van der Waals surface area (Å²) in [5.41, 5.74) is 0. The number of furan rings is 1. The molecule has 0 aliphatic heterocycles. The van der Waals surface area contributed by atoms with Crippen molar-refractivity contribution in [2.24, 2.45) is 0 Å². The topological polar surface area (TPSA) is 89.2 Å². The Morgan fingerprint density at radius 3 is 2.95 bits per heavy atom. The van der Waals surface area contributed by atoms with Crippen LogP contribution in [0.2, 0.25) is 0 Å². The normalized spacial score (nSPS) is 11.8. The SMILES string of the molecule is CCNCc1ccc(S(=O)(=O)NCCn2ccnc2)o1. The van der Waals surface area contributed by atoms with Gasteiger partial charge >= 0.3 is 0 Å². The van der Waals surface area contributed by atoms with Crippen LogP contribution >= 0.6 is 0 Å². The number of hydrogen-bond donors (Lipinski definition) is 2. The first kappa shape index (κ1) is 14.8. The van der Waals surface area contributed by atoms with E-state index in [-0.39, 0.29) is 11.6 Å². The third kappa shape index (κ3) is 3.92. The first-order valence-electron chi connectivity index (χ1n) is 6.36. The van der Waals surface area contributed by atoms with E-state index in [9.17, 15) is 8.42 Å². The fraction of sp³-hybridized carbons (Fsp3) is 0.417. The van der Waals surface area contributed by atoms with Crippen LogP contribution in [0.4, 0.5) is 0 Å². The number of hydrogen-bond acceptors (Lipinski definition) is 5. The zero-order chi connectivity index (χ0) is 14.4. The maximum atomic E-state index is 12.0. The summed E-state index contributed by atoms with van der Waals surface area (Å²) in [6.07, 6.45) is 5.06. The minimum atomic E-state index is -3.60. The fourth-order valence-electron chi connectivity index (χ4n) is 1.65. The van der Waals surface area contributed by atoms with Crippen molar-refractivity contribution < 1.29 is 12.8 Å². The molecular formula is C12H18N4O3S. The first-order valence-corrected chi connectivity index (χ1v) is 7.85. The van der Waals surface area contributed by atoms with Gasteiger partial charge in [0.2, 0.25) is 5.09 Å². The number of nitrogens with one attached hydrogen (secondary N) is 2. The molecule has 8 heteroatoms. The van der Waals surface area contributed by atoms with Crippen LogP contribution in [0.1, 0.15) is 12.7 Å². The molecule has 2 aromatic heterocycles. The predicted molar refractivity (Wildman–Crippen MR) is 73.5 cm³/mol. The maximum absolute atomic E-state index is 12.0. The third-order valence-electron chi connectivity index (χ3n) is 2.67. The Hall–Kier alpha value is -1.64. The minimum absolute atomic E-state index is 0.0592. The van der Waals surface area contributed by atoms with E-state index in [2.05, 4.69) is 15.0 Å². The molecule has 0 saturated heterocycles. The highest BCUT2D eigenvalue weighted by Gasteiger charge is 2.17. The molecule has 2 N–H and O–H groups in total. The van der Waals surface area contributed by atoms with E-state index in [4.69, 9.17) is 4.42 Å². The van der Waals surface area contributed by atoms with Gasteiger partial charge in [-0.2, -0.15) is 0 Å². The van der Waals surface area contributed by atoms with E-state index in [1.54, 1.807) is 29.4 Å². The number of nitrogens with zero attached hydrogens (tertiary/aromatic N) is 2. The molecular weight excluding hydrogens is 280 g/mol. The standard InChI is InChI=1S/C12H18N4O3S/c1-2-13-9-11-3-4-12(19-11)20(17,18)15-6-8-16-7-5-14-10-16/h3-5,7,10,13,15H,2,6,8-9H2,1H3. The van der Waals surface area contributed by atoms with Gasteiger partial charge in [-0.15, -0.1) is 0 Å². The quantitative estimate of drug-likeness (QED) is 0.743. The molecule has 110 valence electrons. The Balaban J connectivity index is 1.90. The molecule has 0 unspecified atom stereocenters. The molecule has 0 amide bonds. The highest BCUT2D eigenvalue weighted by Crippen LogP contribution is 2.13. The highest BCUT2D eigenvalue weighted by atomic mass is 32.2. The monoisotopic (exact) mass is 298 g/mol. The average molecular weight is 298 g/mol. The second-order valence-electron chi connectivity index (χ2n) is 4.20. The van der Waals surface area contributed by atoms with E-state index in [0.717, 1.165) is 6.54 Å². The van der Waals surface area contributed by atoms with Gasteiger partial charge in [0.25, 0.3) is 10.0 Å². The molecule has 0 bridgehead atoms. The van der Waals surface area contributed by atoms with Crippen molar-refractivity contribution in [3.8, 4) is 0 Å². The summed E-state index contributed by atoms with van der Waals surface area (Å²) in [4.78, 5) is 3.89. The van der Waals surface area contributed by atoms with Gasteiger partial charge < -0.3 is 14.3 Å². The maximum Gasteiger partial charge on any atom is 0.274 e. The van der Waals surface area contributed by atoms with Crippen LogP contribution in [0.25, 0.3) is 0 Å². The lowest BCUT2D eigenvalue weighted by Gasteiger charge is -2.05. The van der Waals surface area contributed by atoms with E-state index >= 15 is 0 Å². The summed E-state index contributed by atoms with van der Waals surface area (Å²) in [5.74, 6) is 0.599. The lowest BCUT2D eigenvalue weighted by Crippen LogP contribution is -2.26. The largest absolute Gasteiger partial charge is 0.447 e. The molecule has 2 aromatic rings. The molecule has 0 saturated carbocycles. The van der Waals surface area contributed by atoms with Crippen molar-refractivity contribution in [3.05, 3.63) is 36.6 Å². The zero-order valence-corrected chi connectivity index (χ0v) is 12.1. The van der Waals surface area contributed by atoms with Crippen molar-refractivity contribution in [1.82, 2.24) is 19.6 Å². The van der Waals surface area contributed by atoms with Crippen molar-refractivity contribution in [2.45, 2.75) is 25.1 Å². The Kier molecular flexibility index (Phi) is 4.94. The first-order chi connectivity index (χ1) is 9.62. The van der Waals surface area contributed by atoms with Crippen LogP contribution in [0.3, 0.4) is 0 Å². The molecule has 0 spiro atoms. The Bertz CT molecular complexity index is 619. The van der Waals surface area contributed by atoms with Gasteiger partial charge in [-0.25, -0.2) is 18.1 Å². The molecule has 20 heavy (non-hydrogen) atoms. The van der Waals surface area contributed by atoms with Gasteiger partial charge in [-0.1, -0.05) is 6.92 Å². The van der Waals surface area contributed by atoms with E-state index in [1.807, 2.05) is 6.92 Å². The number of aromatic nitrogens is 2. The number of sulfonamides is 1. The van der Waals surface area contributed by atoms with Gasteiger partial charge in [0.15, 0.2) is 0 Å². The van der Waals surface area contributed by atoms with Crippen molar-refractivity contribution in [3.63, 3.8) is 0 Å². The van der Waals surface area contributed by atoms with Crippen LogP contribution in [0, 0.1) is 0 Å². The van der Waals surface area contributed by atoms with Crippen molar-refractivity contribution in [1.29, 1.82) is 0 Å². The highest BCUT2D eigenvalue weighted by molar-refractivity contribution is 7.89. The summed E-state index contributed by atoms with van der Waals surface area (Å²) < 4.78 is 33.6. The van der Waals surface area contributed by atoms with Crippen LogP contribution < -0.4 is 10.0 Å². The second kappa shape index (κ2) is 6.69. The van der Waals surface area contributed by atoms with Crippen molar-refractivity contribution >= 4 is 10.0 Å². The summed E-state index contributed by atoms with van der Waals surface area (Å²) in [6.45, 7) is 4.08. The summed E-state index contributed by atoms with van der Waals surface area (Å²) in [7, 11) is -3.60. The predicted octanol–water partition coefficient (Wildman–Crippen LogP) is 0.564. The summed E-state index contributed by atoms with van der Waals surface area (Å²) in [6, 6.07) is 3.12. The van der Waals surface area contributed by atoms with E-state index in [1.165, 1.54) is 6.07 Å². The molecule has 0 radical (unpaired) electrons. The van der Waals surface area contributed by atoms with Crippen LogP contribution in [-0.2, 0) is 23.1 Å². The third-order valence-corrected chi connectivity index (χ3v) is 4.01. The molecule has 0 aliphatic carbocycles. The molecule has 7 nitrogen and oxygen atoms in total. The molecule has 0 aromatic carbocycles. The fourth-order valence-corrected chi connectivity index (χ4v) is 2.61. The lowest BCUT2D eigenvalue weighted by molar-refractivity contribution is 0.401. The molecule has 0 atom stereocenters. The van der Waals surface area contributed by atoms with E-state index in [0.29, 0.717) is 18.8 Å². The summed E-state index contributed by atoms with van der Waals surface area (Å²) in [5, 5.41) is 3.01. The van der Waals surface area contributed by atoms with Gasteiger partial charge in [0.05, 0.1) is 12.9 Å². The smallest absolute Gasteiger partial charge is 0.274 e. The minimum Gasteiger partial charge on any atom is -0.447 e. The zero-order valence-electron chi connectivity index (χ0n) is 11.2. The lowest BCUT2D eigenvalue weighted by atomic mass is 10.4. The van der Waals surface area contributed by atoms with Gasteiger partial charge in [-0.3, -0.25) is 0 Å². The van der Waals surface area contributed by atoms with Crippen LogP contribution in [0.15, 0.2) is 40.4 Å². The van der Waals surface area contributed by atoms with E-state index < -0.39 is 10.0 Å². The Labute approximate surface area is 118 Å². The Morgan fingerprint density at radius 2 is 2.25 bits per heavy atom. The van der Waals surface area contributed by atoms with Crippen LogP contribution in [0.5, 0.6) is 0 Å². The summed E-state index contributed by atoms with van der Waals surface area (Å²) >= 11 is 0. The van der Waals surface area contributed by atoms with Gasteiger partial charge in [0, 0.05) is 25.5 Å². The number of rotatable bonds is 8. The van der Waals surface area contributed by atoms with Crippen LogP contribution in [-0.4, -0.2) is 31.1 Å². The Morgan fingerprint density at radius 1 is 1.40 bits per heavy atom. The molecule has 0 fully saturated rings. The second-order valence-corrected chi connectivity index (χ2v) is 5.90. The van der Waals surface area contributed by atoms with Gasteiger partial charge in [-0.05, 0) is 18.7 Å². The van der Waals surface area contributed by atoms with Crippen molar-refractivity contribution in [2.75, 3.05) is 13.1 Å². The van der Waals surface area contributed by atoms with Gasteiger partial charge in [0.1, 0.15) is 5.76 Å². The number of imidazole rings is 1.